The molecule has 1 aromatic heterocycles. The van der Waals surface area contributed by atoms with Gasteiger partial charge in [0.05, 0.1) is 0 Å². The molecule has 0 spiro atoms. The first-order valence-corrected chi connectivity index (χ1v) is 7.28. The van der Waals surface area contributed by atoms with Gasteiger partial charge in [-0.15, -0.1) is 0 Å². The maximum atomic E-state index is 11.3. The second kappa shape index (κ2) is 6.58. The third-order valence-corrected chi connectivity index (χ3v) is 3.74. The van der Waals surface area contributed by atoms with E-state index in [0.29, 0.717) is 11.2 Å². The van der Waals surface area contributed by atoms with E-state index in [1.165, 1.54) is 23.4 Å². The van der Waals surface area contributed by atoms with Crippen LogP contribution in [0.5, 0.6) is 0 Å². The number of nitrogens with one attached hydrogen (secondary N) is 2. The smallest absolute Gasteiger partial charge is 0.253 e. The van der Waals surface area contributed by atoms with E-state index in [4.69, 9.17) is 5.73 Å². The molecule has 0 amide bonds. The first-order valence-electron chi connectivity index (χ1n) is 6.46. The zero-order valence-corrected chi connectivity index (χ0v) is 12.3. The number of hydrogen-bond acceptors (Lipinski definition) is 5. The van der Waals surface area contributed by atoms with Gasteiger partial charge in [-0.05, 0) is 31.2 Å². The molecule has 0 saturated heterocycles. The molecular weight excluding hydrogens is 272 g/mol. The number of anilines is 1. The van der Waals surface area contributed by atoms with Gasteiger partial charge < -0.3 is 16.0 Å². The summed E-state index contributed by atoms with van der Waals surface area (Å²) in [7, 11) is 0. The fraction of sp³-hybridized carbons (Fsp3) is 0.286. The highest BCUT2D eigenvalue weighted by Gasteiger charge is 2.05. The Balaban J connectivity index is 2.12. The summed E-state index contributed by atoms with van der Waals surface area (Å²) < 4.78 is 0. The molecule has 20 heavy (non-hydrogen) atoms. The Kier molecular flexibility index (Phi) is 4.81. The van der Waals surface area contributed by atoms with E-state index in [9.17, 15) is 4.79 Å². The molecule has 1 unspecified atom stereocenters. The van der Waals surface area contributed by atoms with E-state index in [-0.39, 0.29) is 11.4 Å². The molecule has 2 rings (SSSR count). The van der Waals surface area contributed by atoms with Crippen LogP contribution >= 0.6 is 11.8 Å². The Labute approximate surface area is 122 Å². The highest BCUT2D eigenvalue weighted by molar-refractivity contribution is 7.99. The fourth-order valence-electron chi connectivity index (χ4n) is 1.86. The highest BCUT2D eigenvalue weighted by atomic mass is 32.2. The molecule has 5 nitrogen and oxygen atoms in total. The highest BCUT2D eigenvalue weighted by Crippen LogP contribution is 2.25. The summed E-state index contributed by atoms with van der Waals surface area (Å²) in [5.41, 5.74) is 6.55. The van der Waals surface area contributed by atoms with Crippen LogP contribution in [-0.4, -0.2) is 16.5 Å². The largest absolute Gasteiger partial charge is 0.383 e. The molecule has 1 heterocycles. The van der Waals surface area contributed by atoms with E-state index in [1.807, 2.05) is 12.1 Å². The summed E-state index contributed by atoms with van der Waals surface area (Å²) in [4.78, 5) is 19.1. The van der Waals surface area contributed by atoms with Crippen LogP contribution in [0.1, 0.15) is 25.5 Å². The number of hydrogen-bond donors (Lipinski definition) is 3. The van der Waals surface area contributed by atoms with Crippen LogP contribution in [0, 0.1) is 0 Å². The van der Waals surface area contributed by atoms with Crippen molar-refractivity contribution >= 4 is 17.6 Å². The van der Waals surface area contributed by atoms with E-state index in [0.717, 1.165) is 11.4 Å². The van der Waals surface area contributed by atoms with Crippen LogP contribution in [0.25, 0.3) is 0 Å². The first-order chi connectivity index (χ1) is 9.58. The Bertz CT molecular complexity index is 624. The lowest BCUT2D eigenvalue weighted by molar-refractivity contribution is 0.598. The van der Waals surface area contributed by atoms with E-state index in [2.05, 4.69) is 41.3 Å². The van der Waals surface area contributed by atoms with Gasteiger partial charge in [0.1, 0.15) is 5.82 Å². The Morgan fingerprint density at radius 3 is 2.70 bits per heavy atom. The van der Waals surface area contributed by atoms with Gasteiger partial charge in [0, 0.05) is 17.0 Å². The molecule has 106 valence electrons. The minimum Gasteiger partial charge on any atom is -0.383 e. The van der Waals surface area contributed by atoms with Gasteiger partial charge in [0.15, 0.2) is 5.16 Å². The van der Waals surface area contributed by atoms with Gasteiger partial charge in [-0.25, -0.2) is 4.98 Å². The lowest BCUT2D eigenvalue weighted by Gasteiger charge is -2.12. The van der Waals surface area contributed by atoms with Gasteiger partial charge in [-0.3, -0.25) is 4.79 Å². The summed E-state index contributed by atoms with van der Waals surface area (Å²) in [6.07, 6.45) is 0. The zero-order valence-electron chi connectivity index (χ0n) is 11.5. The number of H-pyrrole nitrogens is 1. The number of nitrogen functional groups attached to an aromatic ring is 1. The molecule has 0 aliphatic heterocycles. The molecular formula is C14H18N4OS. The molecule has 0 aliphatic rings. The van der Waals surface area contributed by atoms with Crippen LogP contribution < -0.4 is 16.6 Å². The number of benzene rings is 1. The van der Waals surface area contributed by atoms with Crippen LogP contribution in [0.2, 0.25) is 0 Å². The van der Waals surface area contributed by atoms with Crippen LogP contribution in [0.4, 0.5) is 5.82 Å². The van der Waals surface area contributed by atoms with Crippen LogP contribution in [0.3, 0.4) is 0 Å². The molecule has 0 aliphatic carbocycles. The average Bonchev–Trinajstić information content (AvgIpc) is 2.38. The zero-order chi connectivity index (χ0) is 14.5. The Morgan fingerprint density at radius 2 is 2.10 bits per heavy atom. The van der Waals surface area contributed by atoms with Crippen molar-refractivity contribution in [2.45, 2.75) is 29.9 Å². The average molecular weight is 290 g/mol. The third kappa shape index (κ3) is 3.85. The number of aromatic nitrogens is 2. The third-order valence-electron chi connectivity index (χ3n) is 2.84. The molecule has 0 bridgehead atoms. The van der Waals surface area contributed by atoms with Gasteiger partial charge in [0.25, 0.3) is 5.56 Å². The van der Waals surface area contributed by atoms with E-state index >= 15 is 0 Å². The Hall–Kier alpha value is -1.79. The van der Waals surface area contributed by atoms with Crippen molar-refractivity contribution in [3.63, 3.8) is 0 Å². The summed E-state index contributed by atoms with van der Waals surface area (Å²) in [5, 5.41) is 3.86. The SMILES string of the molecule is CCNC(C)c1ccc(Sc2nc(N)cc(=O)[nH]2)cc1. The second-order valence-electron chi connectivity index (χ2n) is 4.43. The topological polar surface area (TPSA) is 83.8 Å². The number of nitrogens with two attached hydrogens (primary N) is 1. The number of aromatic amines is 1. The van der Waals surface area contributed by atoms with Crippen molar-refractivity contribution in [2.24, 2.45) is 0 Å². The van der Waals surface area contributed by atoms with Crippen LogP contribution in [0.15, 0.2) is 45.2 Å². The number of nitrogens with zero attached hydrogens (tertiary/aromatic N) is 1. The predicted octanol–water partition coefficient (Wildman–Crippen LogP) is 2.17. The van der Waals surface area contributed by atoms with Crippen LogP contribution in [-0.2, 0) is 0 Å². The van der Waals surface area contributed by atoms with Gasteiger partial charge in [-0.2, -0.15) is 0 Å². The molecule has 4 N–H and O–H groups in total. The fourth-order valence-corrected chi connectivity index (χ4v) is 2.66. The van der Waals surface area contributed by atoms with Crippen molar-refractivity contribution in [2.75, 3.05) is 12.3 Å². The summed E-state index contributed by atoms with van der Waals surface area (Å²) in [6.45, 7) is 5.15. The lowest BCUT2D eigenvalue weighted by Crippen LogP contribution is -2.17. The van der Waals surface area contributed by atoms with Crippen molar-refractivity contribution in [1.82, 2.24) is 15.3 Å². The van der Waals surface area contributed by atoms with E-state index < -0.39 is 0 Å². The molecule has 6 heteroatoms. The molecule has 1 atom stereocenters. The van der Waals surface area contributed by atoms with Crippen molar-refractivity contribution in [3.05, 3.63) is 46.2 Å². The second-order valence-corrected chi connectivity index (χ2v) is 5.49. The quantitative estimate of drug-likeness (QED) is 0.735. The summed E-state index contributed by atoms with van der Waals surface area (Å²) in [5.74, 6) is 0.230. The summed E-state index contributed by atoms with van der Waals surface area (Å²) >= 11 is 1.38. The summed E-state index contributed by atoms with van der Waals surface area (Å²) in [6, 6.07) is 9.75. The molecule has 0 radical (unpaired) electrons. The molecule has 0 saturated carbocycles. The van der Waals surface area contributed by atoms with E-state index in [1.54, 1.807) is 0 Å². The molecule has 1 aromatic carbocycles. The maximum Gasteiger partial charge on any atom is 0.253 e. The minimum absolute atomic E-state index is 0.230. The van der Waals surface area contributed by atoms with Crippen molar-refractivity contribution in [3.8, 4) is 0 Å². The number of rotatable bonds is 5. The predicted molar refractivity (Wildman–Crippen MR) is 81.9 cm³/mol. The Morgan fingerprint density at radius 1 is 1.40 bits per heavy atom. The maximum absolute atomic E-state index is 11.3. The van der Waals surface area contributed by atoms with Gasteiger partial charge in [-0.1, -0.05) is 30.8 Å². The first kappa shape index (κ1) is 14.6. The van der Waals surface area contributed by atoms with Crippen molar-refractivity contribution in [1.29, 1.82) is 0 Å². The van der Waals surface area contributed by atoms with Crippen molar-refractivity contribution < 1.29 is 0 Å². The molecule has 0 fully saturated rings. The van der Waals surface area contributed by atoms with Gasteiger partial charge in [0.2, 0.25) is 0 Å². The van der Waals surface area contributed by atoms with Gasteiger partial charge >= 0.3 is 0 Å². The lowest BCUT2D eigenvalue weighted by atomic mass is 10.1. The molecule has 2 aromatic rings. The standard InChI is InChI=1S/C14H18N4OS/c1-3-16-9(2)10-4-6-11(7-5-10)20-14-17-12(15)8-13(19)18-14/h4-9,16H,3H2,1-2H3,(H3,15,17,18,19). The normalized spacial score (nSPS) is 12.3. The minimum atomic E-state index is -0.239. The monoisotopic (exact) mass is 290 g/mol.